The van der Waals surface area contributed by atoms with Crippen molar-refractivity contribution >= 4 is 17.3 Å². The summed E-state index contributed by atoms with van der Waals surface area (Å²) in [6, 6.07) is 0.868. The summed E-state index contributed by atoms with van der Waals surface area (Å²) in [5, 5.41) is 7.31. The second-order valence-corrected chi connectivity index (χ2v) is 4.55. The van der Waals surface area contributed by atoms with Gasteiger partial charge in [-0.05, 0) is 38.9 Å². The highest BCUT2D eigenvalue weighted by atomic mass is 32.1. The zero-order chi connectivity index (χ0) is 11.1. The fourth-order valence-electron chi connectivity index (χ4n) is 1.62. The third kappa shape index (κ3) is 5.43. The molecule has 0 rings (SSSR count). The predicted molar refractivity (Wildman–Crippen MR) is 67.5 cm³/mol. The number of rotatable bonds is 5. The first-order valence-corrected chi connectivity index (χ1v) is 5.99. The molecular formula is C11H24N2S. The van der Waals surface area contributed by atoms with Crippen LogP contribution < -0.4 is 10.6 Å². The molecule has 0 amide bonds. The fraction of sp³-hybridized carbons (Fsp3) is 0.909. The van der Waals surface area contributed by atoms with Crippen LogP contribution in [0.4, 0.5) is 0 Å². The number of hydrogen-bond donors (Lipinski definition) is 2. The highest BCUT2D eigenvalue weighted by Gasteiger charge is 2.13. The van der Waals surface area contributed by atoms with E-state index in [2.05, 4.69) is 45.3 Å². The minimum atomic E-state index is 0.406. The summed E-state index contributed by atoms with van der Waals surface area (Å²) in [4.78, 5) is 0. The summed E-state index contributed by atoms with van der Waals surface area (Å²) in [7, 11) is 0. The zero-order valence-corrected chi connectivity index (χ0v) is 10.9. The molecular weight excluding hydrogens is 192 g/mol. The van der Waals surface area contributed by atoms with Crippen LogP contribution in [0, 0.1) is 5.92 Å². The molecule has 0 saturated heterocycles. The van der Waals surface area contributed by atoms with Crippen LogP contribution in [0.2, 0.25) is 0 Å². The summed E-state index contributed by atoms with van der Waals surface area (Å²) in [6.45, 7) is 10.8. The SMILES string of the molecule is CCC(CC)C(C)NC(=S)NC(C)C. The highest BCUT2D eigenvalue weighted by molar-refractivity contribution is 7.80. The Hall–Kier alpha value is -0.310. The maximum atomic E-state index is 5.20. The van der Waals surface area contributed by atoms with Gasteiger partial charge >= 0.3 is 0 Å². The molecule has 3 heteroatoms. The molecule has 0 aromatic carbocycles. The van der Waals surface area contributed by atoms with E-state index in [4.69, 9.17) is 12.2 Å². The molecule has 1 unspecified atom stereocenters. The molecule has 0 aromatic rings. The Balaban J connectivity index is 3.91. The Kier molecular flexibility index (Phi) is 6.89. The van der Waals surface area contributed by atoms with Crippen LogP contribution in [0.5, 0.6) is 0 Å². The Morgan fingerprint density at radius 2 is 1.57 bits per heavy atom. The van der Waals surface area contributed by atoms with Crippen LogP contribution in [0.25, 0.3) is 0 Å². The van der Waals surface area contributed by atoms with Gasteiger partial charge in [-0.3, -0.25) is 0 Å². The molecule has 2 N–H and O–H groups in total. The molecule has 0 heterocycles. The molecule has 14 heavy (non-hydrogen) atoms. The lowest BCUT2D eigenvalue weighted by Crippen LogP contribution is -2.45. The van der Waals surface area contributed by atoms with Crippen LogP contribution in [0.15, 0.2) is 0 Å². The van der Waals surface area contributed by atoms with Gasteiger partial charge in [0.25, 0.3) is 0 Å². The zero-order valence-electron chi connectivity index (χ0n) is 10.1. The largest absolute Gasteiger partial charge is 0.361 e. The van der Waals surface area contributed by atoms with Crippen molar-refractivity contribution in [1.82, 2.24) is 10.6 Å². The van der Waals surface area contributed by atoms with E-state index in [1.165, 1.54) is 12.8 Å². The van der Waals surface area contributed by atoms with Crippen molar-refractivity contribution in [1.29, 1.82) is 0 Å². The summed E-state index contributed by atoms with van der Waals surface area (Å²) < 4.78 is 0. The second-order valence-electron chi connectivity index (χ2n) is 4.14. The van der Waals surface area contributed by atoms with Crippen molar-refractivity contribution in [2.75, 3.05) is 0 Å². The topological polar surface area (TPSA) is 24.1 Å². The van der Waals surface area contributed by atoms with Crippen LogP contribution in [-0.2, 0) is 0 Å². The van der Waals surface area contributed by atoms with Gasteiger partial charge in [0.1, 0.15) is 0 Å². The highest BCUT2D eigenvalue weighted by Crippen LogP contribution is 2.12. The maximum absolute atomic E-state index is 5.20. The summed E-state index contributed by atoms with van der Waals surface area (Å²) in [5.74, 6) is 0.710. The quantitative estimate of drug-likeness (QED) is 0.691. The molecule has 0 aromatic heterocycles. The number of hydrogen-bond acceptors (Lipinski definition) is 1. The third-order valence-electron chi connectivity index (χ3n) is 2.53. The Labute approximate surface area is 93.8 Å². The molecule has 0 spiro atoms. The fourth-order valence-corrected chi connectivity index (χ4v) is 2.05. The predicted octanol–water partition coefficient (Wildman–Crippen LogP) is 2.68. The molecule has 1 atom stereocenters. The van der Waals surface area contributed by atoms with E-state index in [0.29, 0.717) is 18.0 Å². The molecule has 0 radical (unpaired) electrons. The van der Waals surface area contributed by atoms with Crippen molar-refractivity contribution < 1.29 is 0 Å². The van der Waals surface area contributed by atoms with Gasteiger partial charge in [-0.15, -0.1) is 0 Å². The molecule has 0 aliphatic heterocycles. The summed E-state index contributed by atoms with van der Waals surface area (Å²) in [6.07, 6.45) is 2.41. The van der Waals surface area contributed by atoms with Crippen molar-refractivity contribution in [3.05, 3.63) is 0 Å². The maximum Gasteiger partial charge on any atom is 0.166 e. The first kappa shape index (κ1) is 13.7. The van der Waals surface area contributed by atoms with E-state index >= 15 is 0 Å². The van der Waals surface area contributed by atoms with Crippen LogP contribution in [0.1, 0.15) is 47.5 Å². The standard InChI is InChI=1S/C11H24N2S/c1-6-10(7-2)9(5)13-11(14)12-8(3)4/h8-10H,6-7H2,1-5H3,(H2,12,13,14). The minimum absolute atomic E-state index is 0.406. The van der Waals surface area contributed by atoms with E-state index in [1.807, 2.05) is 0 Å². The van der Waals surface area contributed by atoms with Crippen molar-refractivity contribution in [3.63, 3.8) is 0 Å². The molecule has 84 valence electrons. The monoisotopic (exact) mass is 216 g/mol. The van der Waals surface area contributed by atoms with Gasteiger partial charge < -0.3 is 10.6 Å². The van der Waals surface area contributed by atoms with Crippen LogP contribution >= 0.6 is 12.2 Å². The second kappa shape index (κ2) is 7.04. The number of thiocarbonyl (C=S) groups is 1. The van der Waals surface area contributed by atoms with Gasteiger partial charge in [0.15, 0.2) is 5.11 Å². The van der Waals surface area contributed by atoms with Gasteiger partial charge in [-0.1, -0.05) is 26.7 Å². The van der Waals surface area contributed by atoms with Gasteiger partial charge in [-0.2, -0.15) is 0 Å². The third-order valence-corrected chi connectivity index (χ3v) is 2.77. The van der Waals surface area contributed by atoms with E-state index in [0.717, 1.165) is 5.11 Å². The first-order valence-electron chi connectivity index (χ1n) is 5.58. The van der Waals surface area contributed by atoms with Crippen LogP contribution in [-0.4, -0.2) is 17.2 Å². The minimum Gasteiger partial charge on any atom is -0.361 e. The van der Waals surface area contributed by atoms with Gasteiger partial charge in [-0.25, -0.2) is 0 Å². The summed E-state index contributed by atoms with van der Waals surface area (Å²) >= 11 is 5.20. The lowest BCUT2D eigenvalue weighted by Gasteiger charge is -2.24. The van der Waals surface area contributed by atoms with Crippen molar-refractivity contribution in [2.45, 2.75) is 59.5 Å². The molecule has 0 bridgehead atoms. The molecule has 0 saturated carbocycles. The lowest BCUT2D eigenvalue weighted by molar-refractivity contribution is 0.389. The molecule has 0 fully saturated rings. The first-order chi connectivity index (χ1) is 6.51. The van der Waals surface area contributed by atoms with E-state index in [-0.39, 0.29) is 0 Å². The van der Waals surface area contributed by atoms with E-state index in [9.17, 15) is 0 Å². The molecule has 0 aliphatic carbocycles. The van der Waals surface area contributed by atoms with Gasteiger partial charge in [0.05, 0.1) is 0 Å². The van der Waals surface area contributed by atoms with Crippen molar-refractivity contribution in [3.8, 4) is 0 Å². The Morgan fingerprint density at radius 1 is 1.07 bits per heavy atom. The molecule has 2 nitrogen and oxygen atoms in total. The molecule has 0 aliphatic rings. The number of nitrogens with one attached hydrogen (secondary N) is 2. The van der Waals surface area contributed by atoms with Crippen molar-refractivity contribution in [2.24, 2.45) is 5.92 Å². The average molecular weight is 216 g/mol. The summed E-state index contributed by atoms with van der Waals surface area (Å²) in [5.41, 5.74) is 0. The van der Waals surface area contributed by atoms with E-state index in [1.54, 1.807) is 0 Å². The van der Waals surface area contributed by atoms with Crippen LogP contribution in [0.3, 0.4) is 0 Å². The van der Waals surface area contributed by atoms with Gasteiger partial charge in [0, 0.05) is 12.1 Å². The normalized spacial score (nSPS) is 13.1. The van der Waals surface area contributed by atoms with Gasteiger partial charge in [0.2, 0.25) is 0 Å². The Morgan fingerprint density at radius 3 is 1.93 bits per heavy atom. The average Bonchev–Trinajstić information content (AvgIpc) is 2.04. The van der Waals surface area contributed by atoms with E-state index < -0.39 is 0 Å². The smallest absolute Gasteiger partial charge is 0.166 e. The Bertz CT molecular complexity index is 165. The lowest BCUT2D eigenvalue weighted by atomic mass is 9.96.